The highest BCUT2D eigenvalue weighted by atomic mass is 16.6. The quantitative estimate of drug-likeness (QED) is 0.660. The van der Waals surface area contributed by atoms with Crippen molar-refractivity contribution in [3.63, 3.8) is 0 Å². The molecule has 6 heteroatoms. The molecule has 0 unspecified atom stereocenters. The van der Waals surface area contributed by atoms with E-state index in [1.54, 1.807) is 35.0 Å². The lowest BCUT2D eigenvalue weighted by molar-refractivity contribution is -0.400. The number of hydrogen-bond acceptors (Lipinski definition) is 3. The van der Waals surface area contributed by atoms with Crippen LogP contribution in [0.15, 0.2) is 36.7 Å². The second kappa shape index (κ2) is 4.70. The fraction of sp³-hybridized carbons (Fsp3) is 0.0833. The summed E-state index contributed by atoms with van der Waals surface area (Å²) in [5.74, 6) is -0.958. The van der Waals surface area contributed by atoms with Crippen molar-refractivity contribution >= 4 is 22.9 Å². The van der Waals surface area contributed by atoms with Crippen LogP contribution in [0, 0.1) is 10.1 Å². The number of aromatic nitrogens is 1. The zero-order valence-electron chi connectivity index (χ0n) is 9.31. The number of fused-ring (bicyclic) bond motifs is 1. The fourth-order valence-corrected chi connectivity index (χ4v) is 1.83. The highest BCUT2D eigenvalue weighted by Gasteiger charge is 2.08. The Morgan fingerprint density at radius 1 is 1.44 bits per heavy atom. The standard InChI is InChI=1S/C12H10N2O4/c15-12(16)8-13-7-9(5-6-14(17)18)10-3-1-2-4-11(10)13/h1-7H,8H2,(H,15,16)/b6-5+. The number of carboxylic acid groups (broad SMARTS) is 1. The molecule has 18 heavy (non-hydrogen) atoms. The van der Waals surface area contributed by atoms with Gasteiger partial charge in [-0.05, 0) is 6.07 Å². The molecule has 0 aliphatic rings. The lowest BCUT2D eigenvalue weighted by atomic mass is 10.2. The van der Waals surface area contributed by atoms with Crippen LogP contribution in [0.4, 0.5) is 0 Å². The van der Waals surface area contributed by atoms with Crippen molar-refractivity contribution in [1.82, 2.24) is 4.57 Å². The first-order valence-electron chi connectivity index (χ1n) is 5.19. The van der Waals surface area contributed by atoms with Crippen LogP contribution in [0.1, 0.15) is 5.56 Å². The van der Waals surface area contributed by atoms with Gasteiger partial charge in [0.15, 0.2) is 0 Å². The highest BCUT2D eigenvalue weighted by Crippen LogP contribution is 2.22. The van der Waals surface area contributed by atoms with Crippen molar-refractivity contribution in [2.75, 3.05) is 0 Å². The van der Waals surface area contributed by atoms with Gasteiger partial charge in [-0.2, -0.15) is 0 Å². The summed E-state index contributed by atoms with van der Waals surface area (Å²) in [7, 11) is 0. The van der Waals surface area contributed by atoms with Gasteiger partial charge in [0.25, 0.3) is 0 Å². The van der Waals surface area contributed by atoms with E-state index in [2.05, 4.69) is 0 Å². The van der Waals surface area contributed by atoms with E-state index in [0.29, 0.717) is 5.56 Å². The minimum Gasteiger partial charge on any atom is -0.480 e. The van der Waals surface area contributed by atoms with E-state index in [-0.39, 0.29) is 6.54 Å². The molecule has 0 amide bonds. The molecule has 0 aliphatic heterocycles. The molecule has 92 valence electrons. The lowest BCUT2D eigenvalue weighted by Gasteiger charge is -1.99. The zero-order valence-corrected chi connectivity index (χ0v) is 9.31. The number of carboxylic acids is 1. The van der Waals surface area contributed by atoms with E-state index in [9.17, 15) is 14.9 Å². The van der Waals surface area contributed by atoms with Gasteiger partial charge in [-0.1, -0.05) is 18.2 Å². The number of nitrogens with zero attached hydrogens (tertiary/aromatic N) is 2. The Kier molecular flexibility index (Phi) is 3.09. The Morgan fingerprint density at radius 3 is 2.83 bits per heavy atom. The van der Waals surface area contributed by atoms with E-state index < -0.39 is 10.9 Å². The zero-order chi connectivity index (χ0) is 13.1. The van der Waals surface area contributed by atoms with E-state index in [1.807, 2.05) is 0 Å². The summed E-state index contributed by atoms with van der Waals surface area (Å²) in [5, 5.41) is 19.9. The van der Waals surface area contributed by atoms with Crippen molar-refractivity contribution < 1.29 is 14.8 Å². The van der Waals surface area contributed by atoms with Crippen molar-refractivity contribution in [2.24, 2.45) is 0 Å². The number of nitro groups is 1. The summed E-state index contributed by atoms with van der Waals surface area (Å²) in [6.07, 6.45) is 3.80. The van der Waals surface area contributed by atoms with Crippen molar-refractivity contribution in [3.05, 3.63) is 52.3 Å². The molecule has 0 spiro atoms. The Labute approximate surface area is 102 Å². The summed E-state index contributed by atoms with van der Waals surface area (Å²) in [6, 6.07) is 7.17. The molecule has 1 heterocycles. The summed E-state index contributed by atoms with van der Waals surface area (Å²) >= 11 is 0. The van der Waals surface area contributed by atoms with Gasteiger partial charge < -0.3 is 9.67 Å². The minimum absolute atomic E-state index is 0.174. The van der Waals surface area contributed by atoms with E-state index in [4.69, 9.17) is 5.11 Å². The lowest BCUT2D eigenvalue weighted by Crippen LogP contribution is -2.07. The van der Waals surface area contributed by atoms with Gasteiger partial charge in [-0.25, -0.2) is 0 Å². The van der Waals surface area contributed by atoms with E-state index >= 15 is 0 Å². The van der Waals surface area contributed by atoms with Gasteiger partial charge in [0.2, 0.25) is 6.20 Å². The number of benzene rings is 1. The van der Waals surface area contributed by atoms with E-state index in [1.165, 1.54) is 6.08 Å². The fourth-order valence-electron chi connectivity index (χ4n) is 1.83. The van der Waals surface area contributed by atoms with Gasteiger partial charge >= 0.3 is 5.97 Å². The molecule has 0 saturated carbocycles. The Morgan fingerprint density at radius 2 is 2.17 bits per heavy atom. The molecule has 0 bridgehead atoms. The molecular formula is C12H10N2O4. The molecule has 1 N–H and O–H groups in total. The number of aliphatic carboxylic acids is 1. The molecule has 0 fully saturated rings. The Bertz CT molecular complexity index is 643. The Hall–Kier alpha value is -2.63. The highest BCUT2D eigenvalue weighted by molar-refractivity contribution is 5.90. The first kappa shape index (κ1) is 11.8. The van der Waals surface area contributed by atoms with Gasteiger partial charge in [0.1, 0.15) is 6.54 Å². The average molecular weight is 246 g/mol. The van der Waals surface area contributed by atoms with Crippen LogP contribution in [-0.4, -0.2) is 20.6 Å². The second-order valence-electron chi connectivity index (χ2n) is 3.72. The molecule has 1 aromatic carbocycles. The Balaban J connectivity index is 2.53. The van der Waals surface area contributed by atoms with Crippen molar-refractivity contribution in [3.8, 4) is 0 Å². The summed E-state index contributed by atoms with van der Waals surface area (Å²) in [4.78, 5) is 20.5. The van der Waals surface area contributed by atoms with Crippen LogP contribution < -0.4 is 0 Å². The molecule has 2 rings (SSSR count). The van der Waals surface area contributed by atoms with Crippen LogP contribution in [0.5, 0.6) is 0 Å². The normalized spacial score (nSPS) is 11.1. The SMILES string of the molecule is O=C(O)Cn1cc(/C=C/[N+](=O)[O-])c2ccccc21. The van der Waals surface area contributed by atoms with Crippen molar-refractivity contribution in [1.29, 1.82) is 0 Å². The maximum Gasteiger partial charge on any atom is 0.323 e. The molecule has 2 aromatic rings. The molecule has 1 aromatic heterocycles. The topological polar surface area (TPSA) is 85.4 Å². The van der Waals surface area contributed by atoms with Gasteiger partial charge in [-0.3, -0.25) is 14.9 Å². The van der Waals surface area contributed by atoms with Crippen LogP contribution in [-0.2, 0) is 11.3 Å². The number of carbonyl (C=O) groups is 1. The first-order chi connectivity index (χ1) is 8.58. The first-order valence-corrected chi connectivity index (χ1v) is 5.19. The van der Waals surface area contributed by atoms with Gasteiger partial charge in [0, 0.05) is 28.7 Å². The summed E-state index contributed by atoms with van der Waals surface area (Å²) < 4.78 is 1.55. The predicted octanol–water partition coefficient (Wildman–Crippen LogP) is 1.97. The minimum atomic E-state index is -0.958. The van der Waals surface area contributed by atoms with E-state index in [0.717, 1.165) is 17.1 Å². The van der Waals surface area contributed by atoms with Crippen LogP contribution in [0.2, 0.25) is 0 Å². The van der Waals surface area contributed by atoms with Gasteiger partial charge in [0.05, 0.1) is 4.92 Å². The van der Waals surface area contributed by atoms with Crippen LogP contribution in [0.25, 0.3) is 17.0 Å². The number of hydrogen-bond donors (Lipinski definition) is 1. The maximum absolute atomic E-state index is 10.7. The third-order valence-corrected chi connectivity index (χ3v) is 2.50. The molecule has 6 nitrogen and oxygen atoms in total. The van der Waals surface area contributed by atoms with Gasteiger partial charge in [-0.15, -0.1) is 0 Å². The average Bonchev–Trinajstić information content (AvgIpc) is 2.65. The molecule has 0 saturated heterocycles. The third-order valence-electron chi connectivity index (χ3n) is 2.50. The van der Waals surface area contributed by atoms with Crippen LogP contribution >= 0.6 is 0 Å². The third kappa shape index (κ3) is 2.37. The number of para-hydroxylation sites is 1. The van der Waals surface area contributed by atoms with Crippen LogP contribution in [0.3, 0.4) is 0 Å². The molecule has 0 radical (unpaired) electrons. The maximum atomic E-state index is 10.7. The largest absolute Gasteiger partial charge is 0.480 e. The summed E-state index contributed by atoms with van der Waals surface area (Å²) in [6.45, 7) is -0.174. The second-order valence-corrected chi connectivity index (χ2v) is 3.72. The molecule has 0 atom stereocenters. The predicted molar refractivity (Wildman–Crippen MR) is 65.6 cm³/mol. The number of rotatable bonds is 4. The molecule has 0 aliphatic carbocycles. The molecular weight excluding hydrogens is 236 g/mol. The smallest absolute Gasteiger partial charge is 0.323 e. The van der Waals surface area contributed by atoms with Crippen molar-refractivity contribution in [2.45, 2.75) is 6.54 Å². The monoisotopic (exact) mass is 246 g/mol. The summed E-state index contributed by atoms with van der Waals surface area (Å²) in [5.41, 5.74) is 1.37.